The molecule has 1 aromatic rings. The Kier molecular flexibility index (Phi) is 5.77. The van der Waals surface area contributed by atoms with Gasteiger partial charge in [0, 0.05) is 0 Å². The van der Waals surface area contributed by atoms with Gasteiger partial charge in [0.2, 0.25) is 0 Å². The van der Waals surface area contributed by atoms with Gasteiger partial charge in [-0.3, -0.25) is 0 Å². The van der Waals surface area contributed by atoms with Crippen LogP contribution in [0.3, 0.4) is 0 Å². The first-order valence-corrected chi connectivity index (χ1v) is 3.84. The molecule has 0 heterocycles. The molecule has 0 saturated heterocycles. The van der Waals surface area contributed by atoms with Crippen LogP contribution in [0.15, 0.2) is 24.3 Å². The third-order valence-electron chi connectivity index (χ3n) is 1.16. The normalized spacial score (nSPS) is 7.50. The van der Waals surface area contributed by atoms with Crippen molar-refractivity contribution in [2.24, 2.45) is 0 Å². The lowest BCUT2D eigenvalue weighted by Crippen LogP contribution is -2.12. The van der Waals surface area contributed by atoms with Gasteiger partial charge in [0.25, 0.3) is 0 Å². The van der Waals surface area contributed by atoms with E-state index in [4.69, 9.17) is 10.3 Å². The van der Waals surface area contributed by atoms with Crippen LogP contribution in [0.25, 0.3) is 0 Å². The second-order valence-electron chi connectivity index (χ2n) is 1.87. The molecule has 0 atom stereocenters. The molecule has 0 amide bonds. The Morgan fingerprint density at radius 2 is 2.08 bits per heavy atom. The number of hydrogen-bond donors (Lipinski definition) is 1. The van der Waals surface area contributed by atoms with E-state index in [1.807, 2.05) is 19.9 Å². The summed E-state index contributed by atoms with van der Waals surface area (Å²) >= 11 is 0. The van der Waals surface area contributed by atoms with Gasteiger partial charge in [-0.25, -0.2) is 0 Å². The van der Waals surface area contributed by atoms with Crippen molar-refractivity contribution in [1.29, 1.82) is 5.26 Å². The van der Waals surface area contributed by atoms with Crippen LogP contribution in [0.1, 0.15) is 19.4 Å². The van der Waals surface area contributed by atoms with Gasteiger partial charge in [-0.1, -0.05) is 31.4 Å². The van der Waals surface area contributed by atoms with Crippen molar-refractivity contribution in [3.05, 3.63) is 29.8 Å². The maximum atomic E-state index is 8.52. The first kappa shape index (κ1) is 10.7. The predicted molar refractivity (Wildman–Crippen MR) is 50.1 cm³/mol. The topological polar surface area (TPSA) is 44.0 Å². The largest absolute Gasteiger partial charge is 0.450 e. The summed E-state index contributed by atoms with van der Waals surface area (Å²) in [5.41, 5.74) is 1.21. The summed E-state index contributed by atoms with van der Waals surface area (Å²) in [7, 11) is 0.973. The van der Waals surface area contributed by atoms with Crippen molar-refractivity contribution in [3.63, 3.8) is 0 Å². The minimum absolute atomic E-state index is 0.558. The van der Waals surface area contributed by atoms with Gasteiger partial charge in [-0.15, -0.1) is 0 Å². The molecule has 1 radical (unpaired) electrons. The zero-order valence-electron chi connectivity index (χ0n) is 7.28. The molecule has 2 nitrogen and oxygen atoms in total. The quantitative estimate of drug-likeness (QED) is 0.618. The summed E-state index contributed by atoms with van der Waals surface area (Å²) in [5, 5.41) is 16.9. The van der Waals surface area contributed by atoms with Crippen LogP contribution in [-0.4, -0.2) is 12.5 Å². The predicted octanol–water partition coefficient (Wildman–Crippen LogP) is 0.821. The molecule has 0 fully saturated rings. The number of rotatable bonds is 1. The molecule has 3 heteroatoms. The van der Waals surface area contributed by atoms with Crippen LogP contribution in [0, 0.1) is 11.3 Å². The van der Waals surface area contributed by atoms with Gasteiger partial charge in [0.15, 0.2) is 0 Å². The molecule has 0 spiro atoms. The van der Waals surface area contributed by atoms with Crippen molar-refractivity contribution in [2.75, 3.05) is 0 Å². The maximum Gasteiger partial charge on any atom is 0.326 e. The fraction of sp³-hybridized carbons (Fsp3) is 0.222. The third kappa shape index (κ3) is 3.22. The first-order valence-electron chi connectivity index (χ1n) is 3.84. The zero-order chi connectivity index (χ0) is 9.40. The van der Waals surface area contributed by atoms with Crippen LogP contribution < -0.4 is 5.46 Å². The van der Waals surface area contributed by atoms with Gasteiger partial charge in [-0.05, 0) is 12.1 Å². The van der Waals surface area contributed by atoms with Crippen LogP contribution in [0.5, 0.6) is 0 Å². The number of benzene rings is 1. The van der Waals surface area contributed by atoms with E-state index in [1.165, 1.54) is 0 Å². The molecular formula is C9H11BNO. The van der Waals surface area contributed by atoms with E-state index in [1.54, 1.807) is 24.3 Å². The van der Waals surface area contributed by atoms with Crippen LogP contribution in [-0.2, 0) is 0 Å². The summed E-state index contributed by atoms with van der Waals surface area (Å²) in [6.07, 6.45) is 0. The van der Waals surface area contributed by atoms with Gasteiger partial charge >= 0.3 is 7.48 Å². The Balaban J connectivity index is 0.000000561. The summed E-state index contributed by atoms with van der Waals surface area (Å²) in [6.45, 7) is 4.00. The van der Waals surface area contributed by atoms with Crippen molar-refractivity contribution in [2.45, 2.75) is 13.8 Å². The maximum absolute atomic E-state index is 8.52. The smallest absolute Gasteiger partial charge is 0.326 e. The highest BCUT2D eigenvalue weighted by molar-refractivity contribution is 6.45. The second kappa shape index (κ2) is 6.45. The number of hydrogen-bond acceptors (Lipinski definition) is 2. The molecule has 1 rings (SSSR count). The van der Waals surface area contributed by atoms with E-state index in [2.05, 4.69) is 0 Å². The lowest BCUT2D eigenvalue weighted by atomic mass is 9.88. The molecule has 0 aliphatic carbocycles. The Hall–Kier alpha value is -1.27. The number of nitrogens with zero attached hydrogens (tertiary/aromatic N) is 1. The highest BCUT2D eigenvalue weighted by atomic mass is 16.2. The molecule has 0 saturated carbocycles. The summed E-state index contributed by atoms with van der Waals surface area (Å²) < 4.78 is 0. The van der Waals surface area contributed by atoms with E-state index in [0.717, 1.165) is 7.48 Å². The fourth-order valence-electron chi connectivity index (χ4n) is 0.689. The van der Waals surface area contributed by atoms with E-state index < -0.39 is 0 Å². The summed E-state index contributed by atoms with van der Waals surface area (Å²) in [6, 6.07) is 8.72. The van der Waals surface area contributed by atoms with Crippen LogP contribution in [0.4, 0.5) is 0 Å². The van der Waals surface area contributed by atoms with E-state index in [0.29, 0.717) is 11.0 Å². The molecule has 1 N–H and O–H groups in total. The molecular weight excluding hydrogens is 149 g/mol. The van der Waals surface area contributed by atoms with E-state index >= 15 is 0 Å². The molecule has 0 unspecified atom stereocenters. The van der Waals surface area contributed by atoms with Gasteiger partial charge in [0.1, 0.15) is 0 Å². The third-order valence-corrected chi connectivity index (χ3v) is 1.16. The minimum Gasteiger partial charge on any atom is -0.450 e. The first-order chi connectivity index (χ1) is 5.86. The highest BCUT2D eigenvalue weighted by Gasteiger charge is 1.93. The molecule has 0 aliphatic rings. The van der Waals surface area contributed by atoms with Crippen LogP contribution in [0.2, 0.25) is 0 Å². The van der Waals surface area contributed by atoms with Crippen molar-refractivity contribution in [3.8, 4) is 6.07 Å². The Morgan fingerprint density at radius 3 is 2.58 bits per heavy atom. The molecule has 0 aliphatic heterocycles. The minimum atomic E-state index is 0.558. The van der Waals surface area contributed by atoms with E-state index in [9.17, 15) is 0 Å². The zero-order valence-corrected chi connectivity index (χ0v) is 7.28. The molecule has 0 bridgehead atoms. The standard InChI is InChI=1S/C7H5BNO.C2H6/c9-5-6-2-1-3-7(4-6)8-10;1-2/h1-4,10H;1-2H3. The van der Waals surface area contributed by atoms with Crippen LogP contribution >= 0.6 is 0 Å². The lowest BCUT2D eigenvalue weighted by molar-refractivity contribution is 0.615. The Morgan fingerprint density at radius 1 is 1.42 bits per heavy atom. The second-order valence-corrected chi connectivity index (χ2v) is 1.87. The summed E-state index contributed by atoms with van der Waals surface area (Å²) in [5.74, 6) is 0. The highest BCUT2D eigenvalue weighted by Crippen LogP contribution is 1.91. The van der Waals surface area contributed by atoms with Gasteiger partial charge in [0.05, 0.1) is 11.6 Å². The van der Waals surface area contributed by atoms with Gasteiger partial charge < -0.3 is 5.02 Å². The molecule has 61 valence electrons. The SMILES string of the molecule is CC.N#Cc1cccc([B]O)c1. The van der Waals surface area contributed by atoms with Crippen molar-refractivity contribution >= 4 is 12.9 Å². The van der Waals surface area contributed by atoms with Crippen molar-refractivity contribution < 1.29 is 5.02 Å². The molecule has 1 aromatic carbocycles. The average Bonchev–Trinajstić information content (AvgIpc) is 2.21. The number of nitriles is 1. The Bertz CT molecular complexity index is 267. The van der Waals surface area contributed by atoms with E-state index in [-0.39, 0.29) is 0 Å². The van der Waals surface area contributed by atoms with Crippen molar-refractivity contribution in [1.82, 2.24) is 0 Å². The monoisotopic (exact) mass is 160 g/mol. The summed E-state index contributed by atoms with van der Waals surface area (Å²) in [4.78, 5) is 0. The Labute approximate surface area is 73.7 Å². The molecule has 12 heavy (non-hydrogen) atoms. The lowest BCUT2D eigenvalue weighted by Gasteiger charge is -1.91. The van der Waals surface area contributed by atoms with Gasteiger partial charge in [-0.2, -0.15) is 5.26 Å². The fourth-order valence-corrected chi connectivity index (χ4v) is 0.689. The average molecular weight is 160 g/mol. The molecule has 0 aromatic heterocycles.